The van der Waals surface area contributed by atoms with E-state index in [-0.39, 0.29) is 5.91 Å². The maximum absolute atomic E-state index is 12.6. The molecule has 1 amide bonds. The van der Waals surface area contributed by atoms with E-state index in [0.717, 1.165) is 27.8 Å². The van der Waals surface area contributed by atoms with Crippen LogP contribution in [-0.2, 0) is 6.54 Å². The fraction of sp³-hybridized carbons (Fsp3) is 0.200. The first-order chi connectivity index (χ1) is 14.5. The van der Waals surface area contributed by atoms with Gasteiger partial charge in [0.15, 0.2) is 5.58 Å². The summed E-state index contributed by atoms with van der Waals surface area (Å²) in [5.74, 6) is 1.03. The lowest BCUT2D eigenvalue weighted by Crippen LogP contribution is -2.23. The molecule has 152 valence electrons. The fourth-order valence-corrected chi connectivity index (χ4v) is 3.45. The lowest BCUT2D eigenvalue weighted by molar-refractivity contribution is 0.0947. The van der Waals surface area contributed by atoms with Crippen molar-refractivity contribution in [2.75, 3.05) is 7.11 Å². The second kappa shape index (κ2) is 8.03. The number of fused-ring (bicyclic) bond motifs is 1. The molecule has 30 heavy (non-hydrogen) atoms. The van der Waals surface area contributed by atoms with Crippen molar-refractivity contribution in [1.82, 2.24) is 10.3 Å². The average Bonchev–Trinajstić information content (AvgIpc) is 3.15. The summed E-state index contributed by atoms with van der Waals surface area (Å²) >= 11 is 0. The minimum atomic E-state index is -0.163. The number of hydrogen-bond acceptors (Lipinski definition) is 4. The Bertz CT molecular complexity index is 1180. The van der Waals surface area contributed by atoms with Gasteiger partial charge in [-0.25, -0.2) is 4.98 Å². The topological polar surface area (TPSA) is 64.4 Å². The van der Waals surface area contributed by atoms with Gasteiger partial charge in [-0.15, -0.1) is 0 Å². The maximum Gasteiger partial charge on any atom is 0.255 e. The molecule has 0 aliphatic rings. The Morgan fingerprint density at radius 3 is 2.47 bits per heavy atom. The van der Waals surface area contributed by atoms with Crippen molar-refractivity contribution in [1.29, 1.82) is 0 Å². The number of amides is 1. The zero-order valence-electron chi connectivity index (χ0n) is 17.6. The van der Waals surface area contributed by atoms with Crippen LogP contribution in [0.3, 0.4) is 0 Å². The smallest absolute Gasteiger partial charge is 0.255 e. The molecule has 3 aromatic carbocycles. The van der Waals surface area contributed by atoms with Crippen LogP contribution in [0.5, 0.6) is 5.75 Å². The number of hydrogen-bond donors (Lipinski definition) is 1. The van der Waals surface area contributed by atoms with E-state index in [1.165, 1.54) is 11.1 Å². The quantitative estimate of drug-likeness (QED) is 0.490. The summed E-state index contributed by atoms with van der Waals surface area (Å²) in [7, 11) is 1.58. The first-order valence-electron chi connectivity index (χ1n) is 9.85. The predicted molar refractivity (Wildman–Crippen MR) is 118 cm³/mol. The van der Waals surface area contributed by atoms with Gasteiger partial charge in [-0.05, 0) is 73.4 Å². The second-order valence-corrected chi connectivity index (χ2v) is 7.46. The standard InChI is InChI=1S/C25H24N2O3/c1-15-6-5-7-20(23(15)29-4)24(28)26-14-18-8-10-19(11-9-18)25-27-21-12-16(2)17(3)13-22(21)30-25/h5-13H,14H2,1-4H3,(H,26,28). The molecule has 0 spiro atoms. The highest BCUT2D eigenvalue weighted by Gasteiger charge is 2.14. The molecule has 0 saturated carbocycles. The van der Waals surface area contributed by atoms with Gasteiger partial charge in [0.1, 0.15) is 11.3 Å². The summed E-state index contributed by atoms with van der Waals surface area (Å²) in [6.45, 7) is 6.47. The van der Waals surface area contributed by atoms with Crippen molar-refractivity contribution < 1.29 is 13.9 Å². The molecule has 0 aliphatic heterocycles. The molecule has 5 nitrogen and oxygen atoms in total. The molecule has 1 aromatic heterocycles. The van der Waals surface area contributed by atoms with Crippen LogP contribution in [-0.4, -0.2) is 18.0 Å². The molecule has 5 heteroatoms. The Morgan fingerprint density at radius 2 is 1.73 bits per heavy atom. The minimum Gasteiger partial charge on any atom is -0.496 e. The number of ether oxygens (including phenoxy) is 1. The molecule has 0 radical (unpaired) electrons. The zero-order valence-corrected chi connectivity index (χ0v) is 17.6. The van der Waals surface area contributed by atoms with Crippen LogP contribution in [0.15, 0.2) is 59.0 Å². The van der Waals surface area contributed by atoms with Crippen molar-refractivity contribution in [3.05, 3.63) is 82.4 Å². The summed E-state index contributed by atoms with van der Waals surface area (Å²) in [5.41, 5.74) is 7.37. The van der Waals surface area contributed by atoms with Gasteiger partial charge in [0.2, 0.25) is 5.89 Å². The highest BCUT2D eigenvalue weighted by molar-refractivity contribution is 5.97. The molecule has 4 aromatic rings. The number of carbonyl (C=O) groups is 1. The number of rotatable bonds is 5. The summed E-state index contributed by atoms with van der Waals surface area (Å²) in [4.78, 5) is 17.2. The number of nitrogens with one attached hydrogen (secondary N) is 1. The van der Waals surface area contributed by atoms with E-state index in [2.05, 4.69) is 24.1 Å². The largest absolute Gasteiger partial charge is 0.496 e. The van der Waals surface area contributed by atoms with Gasteiger partial charge in [0.05, 0.1) is 12.7 Å². The number of oxazole rings is 1. The first-order valence-corrected chi connectivity index (χ1v) is 9.85. The number of benzene rings is 3. The number of methoxy groups -OCH3 is 1. The number of aromatic nitrogens is 1. The molecule has 1 heterocycles. The van der Waals surface area contributed by atoms with Gasteiger partial charge in [-0.1, -0.05) is 24.3 Å². The summed E-state index contributed by atoms with van der Waals surface area (Å²) in [5, 5.41) is 2.95. The molecule has 0 saturated heterocycles. The van der Waals surface area contributed by atoms with Crippen molar-refractivity contribution in [3.8, 4) is 17.2 Å². The number of para-hydroxylation sites is 1. The molecule has 4 rings (SSSR count). The first kappa shape index (κ1) is 19.7. The van der Waals surface area contributed by atoms with Crippen LogP contribution in [0.25, 0.3) is 22.6 Å². The van der Waals surface area contributed by atoms with Gasteiger partial charge < -0.3 is 14.5 Å². The number of nitrogens with zero attached hydrogens (tertiary/aromatic N) is 1. The highest BCUT2D eigenvalue weighted by Crippen LogP contribution is 2.27. The Hall–Kier alpha value is -3.60. The summed E-state index contributed by atoms with van der Waals surface area (Å²) in [6, 6.07) is 17.4. The second-order valence-electron chi connectivity index (χ2n) is 7.46. The SMILES string of the molecule is COc1c(C)cccc1C(=O)NCc1ccc(-c2nc3cc(C)c(C)cc3o2)cc1. The zero-order chi connectivity index (χ0) is 21.3. The van der Waals surface area contributed by atoms with E-state index < -0.39 is 0 Å². The van der Waals surface area contributed by atoms with E-state index in [1.54, 1.807) is 13.2 Å². The van der Waals surface area contributed by atoms with Gasteiger partial charge in [0.25, 0.3) is 5.91 Å². The minimum absolute atomic E-state index is 0.163. The normalized spacial score (nSPS) is 10.9. The van der Waals surface area contributed by atoms with Gasteiger partial charge in [-0.3, -0.25) is 4.79 Å². The Balaban J connectivity index is 1.48. The third-order valence-electron chi connectivity index (χ3n) is 5.32. The van der Waals surface area contributed by atoms with E-state index in [1.807, 2.05) is 55.5 Å². The third kappa shape index (κ3) is 3.79. The molecule has 0 bridgehead atoms. The van der Waals surface area contributed by atoms with Crippen molar-refractivity contribution >= 4 is 17.0 Å². The maximum atomic E-state index is 12.6. The summed E-state index contributed by atoms with van der Waals surface area (Å²) in [6.07, 6.45) is 0. The van der Waals surface area contributed by atoms with E-state index >= 15 is 0 Å². The Morgan fingerprint density at radius 1 is 1.00 bits per heavy atom. The number of aryl methyl sites for hydroxylation is 3. The van der Waals surface area contributed by atoms with Crippen LogP contribution in [0, 0.1) is 20.8 Å². The predicted octanol–water partition coefficient (Wildman–Crippen LogP) is 5.36. The Labute approximate surface area is 175 Å². The van der Waals surface area contributed by atoms with Crippen LogP contribution < -0.4 is 10.1 Å². The van der Waals surface area contributed by atoms with E-state index in [4.69, 9.17) is 9.15 Å². The molecule has 0 unspecified atom stereocenters. The van der Waals surface area contributed by atoms with Crippen molar-refractivity contribution in [2.24, 2.45) is 0 Å². The lowest BCUT2D eigenvalue weighted by atomic mass is 10.1. The monoisotopic (exact) mass is 400 g/mol. The molecule has 0 fully saturated rings. The van der Waals surface area contributed by atoms with Crippen LogP contribution in [0.2, 0.25) is 0 Å². The van der Waals surface area contributed by atoms with E-state index in [0.29, 0.717) is 23.7 Å². The van der Waals surface area contributed by atoms with Crippen LogP contribution in [0.1, 0.15) is 32.6 Å². The fourth-order valence-electron chi connectivity index (χ4n) is 3.45. The molecule has 0 aliphatic carbocycles. The van der Waals surface area contributed by atoms with Crippen molar-refractivity contribution in [2.45, 2.75) is 27.3 Å². The van der Waals surface area contributed by atoms with Gasteiger partial charge in [-0.2, -0.15) is 0 Å². The molecular weight excluding hydrogens is 376 g/mol. The highest BCUT2D eigenvalue weighted by atomic mass is 16.5. The molecule has 0 atom stereocenters. The van der Waals surface area contributed by atoms with Crippen LogP contribution in [0.4, 0.5) is 0 Å². The van der Waals surface area contributed by atoms with Gasteiger partial charge in [0, 0.05) is 12.1 Å². The van der Waals surface area contributed by atoms with E-state index in [9.17, 15) is 4.79 Å². The molecular formula is C25H24N2O3. The Kier molecular flexibility index (Phi) is 5.27. The third-order valence-corrected chi connectivity index (χ3v) is 5.32. The summed E-state index contributed by atoms with van der Waals surface area (Å²) < 4.78 is 11.3. The van der Waals surface area contributed by atoms with Crippen LogP contribution >= 0.6 is 0 Å². The van der Waals surface area contributed by atoms with Gasteiger partial charge >= 0.3 is 0 Å². The van der Waals surface area contributed by atoms with Crippen molar-refractivity contribution in [3.63, 3.8) is 0 Å². The average molecular weight is 400 g/mol. The molecule has 1 N–H and O–H groups in total. The lowest BCUT2D eigenvalue weighted by Gasteiger charge is -2.11. The number of carbonyl (C=O) groups excluding carboxylic acids is 1.